The summed E-state index contributed by atoms with van der Waals surface area (Å²) in [6.45, 7) is 0.795. The van der Waals surface area contributed by atoms with Gasteiger partial charge in [0.1, 0.15) is 5.82 Å². The van der Waals surface area contributed by atoms with Crippen molar-refractivity contribution in [3.63, 3.8) is 0 Å². The molecule has 0 amide bonds. The molecular weight excluding hydrogens is 212 g/mol. The maximum Gasteiger partial charge on any atom is 0.124 e. The van der Waals surface area contributed by atoms with Crippen LogP contribution in [0.3, 0.4) is 0 Å². The number of anilines is 1. The normalized spacial score (nSPS) is 10.9. The van der Waals surface area contributed by atoms with E-state index in [1.54, 1.807) is 6.20 Å². The van der Waals surface area contributed by atoms with Crippen LogP contribution in [0.2, 0.25) is 0 Å². The van der Waals surface area contributed by atoms with Crippen molar-refractivity contribution in [3.05, 3.63) is 48.3 Å². The molecule has 2 N–H and O–H groups in total. The third-order valence-electron chi connectivity index (χ3n) is 2.96. The number of aryl methyl sites for hydroxylation is 1. The highest BCUT2D eigenvalue weighted by molar-refractivity contribution is 5.83. The number of fused-ring (bicyclic) bond motifs is 1. The minimum absolute atomic E-state index is 0.795. The van der Waals surface area contributed by atoms with Crippen LogP contribution in [-0.4, -0.2) is 14.8 Å². The second kappa shape index (κ2) is 3.97. The topological polar surface area (TPSA) is 45.6 Å². The second-order valence-electron chi connectivity index (χ2n) is 4.05. The first-order valence-corrected chi connectivity index (χ1v) is 5.61. The summed E-state index contributed by atoms with van der Waals surface area (Å²) >= 11 is 0. The molecule has 0 aliphatic rings. The average molecular weight is 226 g/mol. The van der Waals surface area contributed by atoms with Crippen LogP contribution in [0.4, 0.5) is 5.82 Å². The summed E-state index contributed by atoms with van der Waals surface area (Å²) in [7, 11) is 1.93. The maximum atomic E-state index is 4.13. The van der Waals surface area contributed by atoms with Crippen LogP contribution < -0.4 is 5.32 Å². The van der Waals surface area contributed by atoms with Gasteiger partial charge in [0.25, 0.3) is 0 Å². The number of para-hydroxylation sites is 1. The van der Waals surface area contributed by atoms with Crippen molar-refractivity contribution in [1.29, 1.82) is 0 Å². The first kappa shape index (κ1) is 9.96. The van der Waals surface area contributed by atoms with Gasteiger partial charge in [0, 0.05) is 36.8 Å². The first-order chi connectivity index (χ1) is 8.34. The van der Waals surface area contributed by atoms with E-state index in [4.69, 9.17) is 0 Å². The predicted molar refractivity (Wildman–Crippen MR) is 68.8 cm³/mol. The fraction of sp³-hybridized carbons (Fsp3) is 0.154. The largest absolute Gasteiger partial charge is 0.366 e. The Balaban J connectivity index is 1.84. The lowest BCUT2D eigenvalue weighted by atomic mass is 10.2. The molecule has 1 aromatic carbocycles. The third kappa shape index (κ3) is 1.78. The van der Waals surface area contributed by atoms with Gasteiger partial charge < -0.3 is 10.3 Å². The average Bonchev–Trinajstić information content (AvgIpc) is 2.93. The molecule has 0 aliphatic heterocycles. The van der Waals surface area contributed by atoms with E-state index in [1.165, 1.54) is 16.5 Å². The van der Waals surface area contributed by atoms with Crippen LogP contribution in [0, 0.1) is 0 Å². The molecule has 86 valence electrons. The Morgan fingerprint density at radius 3 is 3.00 bits per heavy atom. The molecule has 0 saturated carbocycles. The van der Waals surface area contributed by atoms with Gasteiger partial charge in [-0.15, -0.1) is 0 Å². The first-order valence-electron chi connectivity index (χ1n) is 5.61. The van der Waals surface area contributed by atoms with Crippen LogP contribution >= 0.6 is 0 Å². The fourth-order valence-electron chi connectivity index (χ4n) is 2.01. The van der Waals surface area contributed by atoms with Gasteiger partial charge >= 0.3 is 0 Å². The molecule has 0 unspecified atom stereocenters. The minimum atomic E-state index is 0.795. The molecule has 0 bridgehead atoms. The highest BCUT2D eigenvalue weighted by Gasteiger charge is 2.03. The molecule has 0 spiro atoms. The monoisotopic (exact) mass is 226 g/mol. The number of aromatic amines is 1. The Morgan fingerprint density at radius 1 is 1.29 bits per heavy atom. The van der Waals surface area contributed by atoms with Crippen molar-refractivity contribution in [1.82, 2.24) is 14.8 Å². The Hall–Kier alpha value is -2.23. The Kier molecular flexibility index (Phi) is 2.33. The zero-order valence-electron chi connectivity index (χ0n) is 9.64. The molecule has 17 heavy (non-hydrogen) atoms. The van der Waals surface area contributed by atoms with E-state index >= 15 is 0 Å². The Bertz CT molecular complexity index is 635. The van der Waals surface area contributed by atoms with Crippen LogP contribution in [-0.2, 0) is 13.6 Å². The molecule has 3 aromatic rings. The molecule has 4 heteroatoms. The van der Waals surface area contributed by atoms with Crippen molar-refractivity contribution in [3.8, 4) is 0 Å². The maximum absolute atomic E-state index is 4.13. The Morgan fingerprint density at radius 2 is 2.18 bits per heavy atom. The van der Waals surface area contributed by atoms with Gasteiger partial charge in [-0.05, 0) is 11.6 Å². The quantitative estimate of drug-likeness (QED) is 0.720. The number of hydrogen-bond donors (Lipinski definition) is 2. The molecule has 2 aromatic heterocycles. The molecule has 2 heterocycles. The van der Waals surface area contributed by atoms with E-state index in [0.717, 1.165) is 12.4 Å². The fourth-order valence-corrected chi connectivity index (χ4v) is 2.01. The summed E-state index contributed by atoms with van der Waals surface area (Å²) in [5.74, 6) is 1.02. The highest BCUT2D eigenvalue weighted by atomic mass is 15.3. The van der Waals surface area contributed by atoms with E-state index in [-0.39, 0.29) is 0 Å². The summed E-state index contributed by atoms with van der Waals surface area (Å²) in [5.41, 5.74) is 2.44. The number of H-pyrrole nitrogens is 1. The number of nitrogens with one attached hydrogen (secondary N) is 2. The SMILES string of the molecule is Cn1nccc1NCc1c[nH]c2ccccc12. The highest BCUT2D eigenvalue weighted by Crippen LogP contribution is 2.18. The number of benzene rings is 1. The molecule has 0 fully saturated rings. The van der Waals surface area contributed by atoms with Gasteiger partial charge in [-0.2, -0.15) is 5.10 Å². The second-order valence-corrected chi connectivity index (χ2v) is 4.05. The van der Waals surface area contributed by atoms with Gasteiger partial charge in [0.05, 0.1) is 6.20 Å². The molecule has 0 atom stereocenters. The Labute approximate surface area is 99.3 Å². The lowest BCUT2D eigenvalue weighted by Gasteiger charge is -2.05. The summed E-state index contributed by atoms with van der Waals surface area (Å²) in [6, 6.07) is 10.3. The van der Waals surface area contributed by atoms with Gasteiger partial charge in [-0.1, -0.05) is 18.2 Å². The van der Waals surface area contributed by atoms with Crippen LogP contribution in [0.15, 0.2) is 42.7 Å². The summed E-state index contributed by atoms with van der Waals surface area (Å²) in [5, 5.41) is 8.76. The molecule has 0 aliphatic carbocycles. The molecule has 0 saturated heterocycles. The van der Waals surface area contributed by atoms with Gasteiger partial charge in [-0.25, -0.2) is 0 Å². The van der Waals surface area contributed by atoms with Crippen molar-refractivity contribution < 1.29 is 0 Å². The van der Waals surface area contributed by atoms with E-state index in [9.17, 15) is 0 Å². The molecule has 3 rings (SSSR count). The van der Waals surface area contributed by atoms with Crippen LogP contribution in [0.25, 0.3) is 10.9 Å². The van der Waals surface area contributed by atoms with Crippen molar-refractivity contribution in [2.45, 2.75) is 6.54 Å². The number of nitrogens with zero attached hydrogens (tertiary/aromatic N) is 2. The zero-order chi connectivity index (χ0) is 11.7. The van der Waals surface area contributed by atoms with Gasteiger partial charge in [0.15, 0.2) is 0 Å². The molecule has 4 nitrogen and oxygen atoms in total. The van der Waals surface area contributed by atoms with E-state index in [0.29, 0.717) is 0 Å². The van der Waals surface area contributed by atoms with E-state index in [2.05, 4.69) is 33.6 Å². The molecule has 0 radical (unpaired) electrons. The summed E-state index contributed by atoms with van der Waals surface area (Å²) in [4.78, 5) is 3.27. The third-order valence-corrected chi connectivity index (χ3v) is 2.96. The van der Waals surface area contributed by atoms with E-state index in [1.807, 2.05) is 30.1 Å². The van der Waals surface area contributed by atoms with Crippen molar-refractivity contribution in [2.75, 3.05) is 5.32 Å². The summed E-state index contributed by atoms with van der Waals surface area (Å²) in [6.07, 6.45) is 3.84. The standard InChI is InChI=1S/C13H14N4/c1-17-13(6-7-16-17)15-9-10-8-14-12-5-3-2-4-11(10)12/h2-8,14-15H,9H2,1H3. The smallest absolute Gasteiger partial charge is 0.124 e. The summed E-state index contributed by atoms with van der Waals surface area (Å²) < 4.78 is 1.83. The van der Waals surface area contributed by atoms with Crippen molar-refractivity contribution >= 4 is 16.7 Å². The lowest BCUT2D eigenvalue weighted by Crippen LogP contribution is -2.04. The lowest BCUT2D eigenvalue weighted by molar-refractivity contribution is 0.769. The zero-order valence-corrected chi connectivity index (χ0v) is 9.64. The van der Waals surface area contributed by atoms with Crippen LogP contribution in [0.1, 0.15) is 5.56 Å². The van der Waals surface area contributed by atoms with Crippen LogP contribution in [0.5, 0.6) is 0 Å². The predicted octanol–water partition coefficient (Wildman–Crippen LogP) is 2.51. The van der Waals surface area contributed by atoms with Gasteiger partial charge in [-0.3, -0.25) is 4.68 Å². The van der Waals surface area contributed by atoms with Crippen molar-refractivity contribution in [2.24, 2.45) is 7.05 Å². The minimum Gasteiger partial charge on any atom is -0.366 e. The van der Waals surface area contributed by atoms with Gasteiger partial charge in [0.2, 0.25) is 0 Å². The van der Waals surface area contributed by atoms with E-state index < -0.39 is 0 Å². The molecular formula is C13H14N4. The number of rotatable bonds is 3. The number of hydrogen-bond acceptors (Lipinski definition) is 2. The number of aromatic nitrogens is 3.